The van der Waals surface area contributed by atoms with E-state index >= 15 is 0 Å². The second-order valence-electron chi connectivity index (χ2n) is 4.21. The maximum absolute atomic E-state index is 9.74. The van der Waals surface area contributed by atoms with Crippen LogP contribution in [0.3, 0.4) is 0 Å². The van der Waals surface area contributed by atoms with Crippen LogP contribution in [0, 0.1) is 0 Å². The first-order valence-corrected chi connectivity index (χ1v) is 6.16. The largest absolute Gasteiger partial charge is 0.504 e. The zero-order chi connectivity index (χ0) is 14.4. The number of aromatic hydroxyl groups is 2. The van der Waals surface area contributed by atoms with Gasteiger partial charge in [0.1, 0.15) is 19.3 Å². The molecule has 20 heavy (non-hydrogen) atoms. The monoisotopic (exact) mass is 276 g/mol. The topological polar surface area (TPSA) is 79.2 Å². The van der Waals surface area contributed by atoms with Crippen LogP contribution in [-0.2, 0) is 0 Å². The molecule has 5 nitrogen and oxygen atoms in total. The van der Waals surface area contributed by atoms with Gasteiger partial charge in [-0.2, -0.15) is 0 Å². The number of benzene rings is 2. The van der Waals surface area contributed by atoms with E-state index in [1.165, 1.54) is 12.1 Å². The second kappa shape index (κ2) is 6.68. The van der Waals surface area contributed by atoms with E-state index in [0.29, 0.717) is 11.5 Å². The molecule has 0 saturated heterocycles. The van der Waals surface area contributed by atoms with Crippen molar-refractivity contribution in [3.05, 3.63) is 48.5 Å². The molecule has 2 rings (SSSR count). The van der Waals surface area contributed by atoms with Crippen LogP contribution >= 0.6 is 0 Å². The molecular formula is C15H16O5. The van der Waals surface area contributed by atoms with Gasteiger partial charge in [0.05, 0.1) is 0 Å². The summed E-state index contributed by atoms with van der Waals surface area (Å²) in [5.74, 6) is 0.630. The Kier molecular flexibility index (Phi) is 4.68. The minimum absolute atomic E-state index is 0.0151. The first-order chi connectivity index (χ1) is 9.66. The Hall–Kier alpha value is -2.40. The third-order valence-corrected chi connectivity index (χ3v) is 2.59. The van der Waals surface area contributed by atoms with Gasteiger partial charge < -0.3 is 24.8 Å². The number of aliphatic hydroxyl groups is 1. The van der Waals surface area contributed by atoms with Crippen LogP contribution in [0.25, 0.3) is 0 Å². The summed E-state index contributed by atoms with van der Waals surface area (Å²) in [5.41, 5.74) is 0. The van der Waals surface area contributed by atoms with Gasteiger partial charge in [-0.1, -0.05) is 24.3 Å². The maximum atomic E-state index is 9.74. The number of rotatable bonds is 6. The van der Waals surface area contributed by atoms with Crippen molar-refractivity contribution in [3.63, 3.8) is 0 Å². The molecule has 0 spiro atoms. The molecule has 0 aliphatic carbocycles. The highest BCUT2D eigenvalue weighted by molar-refractivity contribution is 5.38. The fourth-order valence-electron chi connectivity index (χ4n) is 1.58. The van der Waals surface area contributed by atoms with Gasteiger partial charge in [-0.3, -0.25) is 0 Å². The van der Waals surface area contributed by atoms with Gasteiger partial charge >= 0.3 is 0 Å². The minimum Gasteiger partial charge on any atom is -0.504 e. The van der Waals surface area contributed by atoms with E-state index in [1.807, 2.05) is 0 Å². The number of para-hydroxylation sites is 4. The lowest BCUT2D eigenvalue weighted by molar-refractivity contribution is 0.0608. The highest BCUT2D eigenvalue weighted by Crippen LogP contribution is 2.25. The van der Waals surface area contributed by atoms with Gasteiger partial charge in [0.15, 0.2) is 23.0 Å². The van der Waals surface area contributed by atoms with E-state index in [2.05, 4.69) is 0 Å². The van der Waals surface area contributed by atoms with Crippen molar-refractivity contribution in [1.82, 2.24) is 0 Å². The Morgan fingerprint density at radius 3 is 1.55 bits per heavy atom. The van der Waals surface area contributed by atoms with Crippen molar-refractivity contribution in [1.29, 1.82) is 0 Å². The number of hydrogen-bond donors (Lipinski definition) is 3. The van der Waals surface area contributed by atoms with Crippen LogP contribution in [0.2, 0.25) is 0 Å². The summed E-state index contributed by atoms with van der Waals surface area (Å²) in [6.07, 6.45) is -0.880. The van der Waals surface area contributed by atoms with Crippen LogP contribution in [0.4, 0.5) is 0 Å². The number of phenols is 2. The summed E-state index contributed by atoms with van der Waals surface area (Å²) in [4.78, 5) is 0. The van der Waals surface area contributed by atoms with Crippen LogP contribution in [0.5, 0.6) is 23.0 Å². The minimum atomic E-state index is -0.880. The van der Waals surface area contributed by atoms with E-state index in [-0.39, 0.29) is 24.7 Å². The lowest BCUT2D eigenvalue weighted by atomic mass is 10.3. The molecule has 0 unspecified atom stereocenters. The van der Waals surface area contributed by atoms with Crippen LogP contribution < -0.4 is 9.47 Å². The standard InChI is InChI=1S/C15H16O5/c16-11(9-19-14-7-3-1-5-12(14)17)10-20-15-8-4-2-6-13(15)18/h1-8,11,16-18H,9-10H2. The van der Waals surface area contributed by atoms with E-state index in [9.17, 15) is 15.3 Å². The van der Waals surface area contributed by atoms with Crippen molar-refractivity contribution >= 4 is 0 Å². The Morgan fingerprint density at radius 2 is 1.15 bits per heavy atom. The smallest absolute Gasteiger partial charge is 0.161 e. The molecular weight excluding hydrogens is 260 g/mol. The molecule has 0 aromatic heterocycles. The number of hydrogen-bond acceptors (Lipinski definition) is 5. The highest BCUT2D eigenvalue weighted by atomic mass is 16.5. The molecule has 106 valence electrons. The summed E-state index contributed by atoms with van der Waals surface area (Å²) in [6.45, 7) is -0.0453. The van der Waals surface area contributed by atoms with Crippen LogP contribution in [0.1, 0.15) is 0 Å². The first kappa shape index (κ1) is 14.0. The number of ether oxygens (including phenoxy) is 2. The van der Waals surface area contributed by atoms with Gasteiger partial charge in [0, 0.05) is 0 Å². The molecule has 2 aromatic carbocycles. The average molecular weight is 276 g/mol. The van der Waals surface area contributed by atoms with Gasteiger partial charge in [-0.15, -0.1) is 0 Å². The van der Waals surface area contributed by atoms with E-state index in [0.717, 1.165) is 0 Å². The summed E-state index contributed by atoms with van der Waals surface area (Å²) in [7, 11) is 0. The van der Waals surface area contributed by atoms with E-state index in [4.69, 9.17) is 9.47 Å². The molecule has 0 aliphatic heterocycles. The predicted molar refractivity (Wildman–Crippen MR) is 73.2 cm³/mol. The van der Waals surface area contributed by atoms with Gasteiger partial charge in [0.25, 0.3) is 0 Å². The second-order valence-corrected chi connectivity index (χ2v) is 4.21. The lowest BCUT2D eigenvalue weighted by Gasteiger charge is -2.14. The Balaban J connectivity index is 1.80. The van der Waals surface area contributed by atoms with Crippen molar-refractivity contribution in [3.8, 4) is 23.0 Å². The predicted octanol–water partition coefficient (Wildman–Crippen LogP) is 1.92. The molecule has 0 bridgehead atoms. The summed E-state index contributed by atoms with van der Waals surface area (Å²) in [5, 5.41) is 28.7. The summed E-state index contributed by atoms with van der Waals surface area (Å²) >= 11 is 0. The fourth-order valence-corrected chi connectivity index (χ4v) is 1.58. The highest BCUT2D eigenvalue weighted by Gasteiger charge is 2.09. The molecule has 0 amide bonds. The molecule has 0 saturated carbocycles. The quantitative estimate of drug-likeness (QED) is 0.751. The maximum Gasteiger partial charge on any atom is 0.161 e. The van der Waals surface area contributed by atoms with Gasteiger partial charge in [-0.05, 0) is 24.3 Å². The first-order valence-electron chi connectivity index (χ1n) is 6.16. The Bertz CT molecular complexity index is 506. The number of phenolic OH excluding ortho intramolecular Hbond substituents is 2. The molecule has 0 radical (unpaired) electrons. The van der Waals surface area contributed by atoms with Crippen LogP contribution in [-0.4, -0.2) is 34.6 Å². The van der Waals surface area contributed by atoms with Gasteiger partial charge in [0.2, 0.25) is 0 Å². The SMILES string of the molecule is Oc1ccccc1OCC(O)COc1ccccc1O. The van der Waals surface area contributed by atoms with Gasteiger partial charge in [-0.25, -0.2) is 0 Å². The third-order valence-electron chi connectivity index (χ3n) is 2.59. The van der Waals surface area contributed by atoms with Crippen LogP contribution in [0.15, 0.2) is 48.5 Å². The zero-order valence-corrected chi connectivity index (χ0v) is 10.8. The zero-order valence-electron chi connectivity index (χ0n) is 10.8. The van der Waals surface area contributed by atoms with Crippen molar-refractivity contribution < 1.29 is 24.8 Å². The van der Waals surface area contributed by atoms with Crippen molar-refractivity contribution in [2.45, 2.75) is 6.10 Å². The summed E-state index contributed by atoms with van der Waals surface area (Å²) < 4.78 is 10.5. The Morgan fingerprint density at radius 1 is 0.750 bits per heavy atom. The molecule has 3 N–H and O–H groups in total. The number of aliphatic hydroxyl groups excluding tert-OH is 1. The fraction of sp³-hybridized carbons (Fsp3) is 0.200. The molecule has 0 fully saturated rings. The summed E-state index contributed by atoms with van der Waals surface area (Å²) in [6, 6.07) is 13.0. The molecule has 0 heterocycles. The molecule has 0 atom stereocenters. The Labute approximate surface area is 116 Å². The van der Waals surface area contributed by atoms with E-state index < -0.39 is 6.10 Å². The van der Waals surface area contributed by atoms with Crippen molar-refractivity contribution in [2.75, 3.05) is 13.2 Å². The molecule has 0 aliphatic rings. The normalized spacial score (nSPS) is 10.5. The van der Waals surface area contributed by atoms with E-state index in [1.54, 1.807) is 36.4 Å². The molecule has 5 heteroatoms. The average Bonchev–Trinajstić information content (AvgIpc) is 2.45. The van der Waals surface area contributed by atoms with Crippen molar-refractivity contribution in [2.24, 2.45) is 0 Å². The third kappa shape index (κ3) is 3.80. The lowest BCUT2D eigenvalue weighted by Crippen LogP contribution is -2.25. The molecule has 2 aromatic rings.